The second-order valence-corrected chi connectivity index (χ2v) is 4.78. The first-order valence-corrected chi connectivity index (χ1v) is 6.59. The topological polar surface area (TPSA) is 86.6 Å². The van der Waals surface area contributed by atoms with E-state index in [1.54, 1.807) is 24.2 Å². The number of nitrogens with zero attached hydrogens (tertiary/aromatic N) is 4. The van der Waals surface area contributed by atoms with Gasteiger partial charge in [-0.15, -0.1) is 0 Å². The summed E-state index contributed by atoms with van der Waals surface area (Å²) >= 11 is 0. The molecule has 1 saturated heterocycles. The molecule has 7 nitrogen and oxygen atoms in total. The zero-order valence-electron chi connectivity index (χ0n) is 11.4. The molecule has 2 rings (SSSR count). The van der Waals surface area contributed by atoms with Crippen molar-refractivity contribution < 1.29 is 14.7 Å². The highest BCUT2D eigenvalue weighted by atomic mass is 16.4. The van der Waals surface area contributed by atoms with Crippen molar-refractivity contribution >= 4 is 17.8 Å². The maximum absolute atomic E-state index is 11.2. The Balaban J connectivity index is 1.90. The monoisotopic (exact) mass is 278 g/mol. The average molecular weight is 278 g/mol. The fourth-order valence-corrected chi connectivity index (χ4v) is 2.11. The second kappa shape index (κ2) is 6.31. The molecule has 1 aliphatic heterocycles. The smallest absolute Gasteiger partial charge is 0.303 e. The standard InChI is InChI=1S/C13H18N4O3/c1-10(18)16-4-6-17(7-5-16)13-14-8-11(9-15-13)2-3-12(19)20/h8-9H,2-7H2,1H3,(H,19,20). The molecular weight excluding hydrogens is 260 g/mol. The Morgan fingerprint density at radius 1 is 1.20 bits per heavy atom. The number of hydrogen-bond acceptors (Lipinski definition) is 5. The SMILES string of the molecule is CC(=O)N1CCN(c2ncc(CCC(=O)O)cn2)CC1. The van der Waals surface area contributed by atoms with Gasteiger partial charge in [-0.3, -0.25) is 9.59 Å². The van der Waals surface area contributed by atoms with Crippen LogP contribution < -0.4 is 4.90 Å². The third-order valence-electron chi connectivity index (χ3n) is 3.33. The molecule has 2 heterocycles. The maximum Gasteiger partial charge on any atom is 0.303 e. The van der Waals surface area contributed by atoms with E-state index in [0.717, 1.165) is 5.56 Å². The normalized spacial score (nSPS) is 15.2. The first-order chi connectivity index (χ1) is 9.56. The molecule has 1 aromatic heterocycles. The van der Waals surface area contributed by atoms with Crippen LogP contribution in [0, 0.1) is 0 Å². The van der Waals surface area contributed by atoms with Crippen LogP contribution in [0.5, 0.6) is 0 Å². The Hall–Kier alpha value is -2.18. The van der Waals surface area contributed by atoms with E-state index in [1.165, 1.54) is 0 Å². The summed E-state index contributed by atoms with van der Waals surface area (Å²) in [7, 11) is 0. The van der Waals surface area contributed by atoms with Gasteiger partial charge >= 0.3 is 5.97 Å². The lowest BCUT2D eigenvalue weighted by Crippen LogP contribution is -2.48. The van der Waals surface area contributed by atoms with Crippen LogP contribution in [0.3, 0.4) is 0 Å². The fraction of sp³-hybridized carbons (Fsp3) is 0.538. The maximum atomic E-state index is 11.2. The molecule has 0 saturated carbocycles. The molecule has 108 valence electrons. The number of amides is 1. The van der Waals surface area contributed by atoms with Crippen LogP contribution in [-0.2, 0) is 16.0 Å². The van der Waals surface area contributed by atoms with E-state index in [9.17, 15) is 9.59 Å². The second-order valence-electron chi connectivity index (χ2n) is 4.78. The average Bonchev–Trinajstić information content (AvgIpc) is 2.46. The van der Waals surface area contributed by atoms with E-state index in [1.807, 2.05) is 4.90 Å². The van der Waals surface area contributed by atoms with Crippen LogP contribution in [0.1, 0.15) is 18.9 Å². The molecule has 0 atom stereocenters. The van der Waals surface area contributed by atoms with E-state index >= 15 is 0 Å². The molecule has 1 N–H and O–H groups in total. The van der Waals surface area contributed by atoms with E-state index in [2.05, 4.69) is 9.97 Å². The van der Waals surface area contributed by atoms with E-state index in [0.29, 0.717) is 38.5 Å². The number of anilines is 1. The Kier molecular flexibility index (Phi) is 4.49. The van der Waals surface area contributed by atoms with Crippen LogP contribution >= 0.6 is 0 Å². The first-order valence-electron chi connectivity index (χ1n) is 6.59. The molecule has 1 fully saturated rings. The van der Waals surface area contributed by atoms with Crippen molar-refractivity contribution in [1.29, 1.82) is 0 Å². The number of carbonyl (C=O) groups excluding carboxylic acids is 1. The van der Waals surface area contributed by atoms with Crippen molar-refractivity contribution in [3.8, 4) is 0 Å². The number of carboxylic acids is 1. The van der Waals surface area contributed by atoms with Crippen molar-refractivity contribution in [3.05, 3.63) is 18.0 Å². The van der Waals surface area contributed by atoms with Crippen LogP contribution in [-0.4, -0.2) is 58.0 Å². The summed E-state index contributed by atoms with van der Waals surface area (Å²) in [5, 5.41) is 8.62. The van der Waals surface area contributed by atoms with Gasteiger partial charge in [-0.1, -0.05) is 0 Å². The number of hydrogen-bond donors (Lipinski definition) is 1. The molecule has 0 spiro atoms. The summed E-state index contributed by atoms with van der Waals surface area (Å²) in [6.45, 7) is 4.37. The van der Waals surface area contributed by atoms with Gasteiger partial charge in [0.15, 0.2) is 0 Å². The number of carbonyl (C=O) groups is 2. The zero-order chi connectivity index (χ0) is 14.5. The molecule has 1 aromatic rings. The predicted molar refractivity (Wildman–Crippen MR) is 72.5 cm³/mol. The molecule has 1 amide bonds. The minimum Gasteiger partial charge on any atom is -0.481 e. The fourth-order valence-electron chi connectivity index (χ4n) is 2.11. The van der Waals surface area contributed by atoms with Crippen LogP contribution in [0.4, 0.5) is 5.95 Å². The van der Waals surface area contributed by atoms with Gasteiger partial charge in [-0.05, 0) is 12.0 Å². The summed E-state index contributed by atoms with van der Waals surface area (Å²) in [4.78, 5) is 34.1. The van der Waals surface area contributed by atoms with Gasteiger partial charge in [-0.25, -0.2) is 9.97 Å². The van der Waals surface area contributed by atoms with E-state index in [-0.39, 0.29) is 12.3 Å². The van der Waals surface area contributed by atoms with Crippen LogP contribution in [0.15, 0.2) is 12.4 Å². The lowest BCUT2D eigenvalue weighted by molar-refractivity contribution is -0.137. The van der Waals surface area contributed by atoms with Crippen molar-refractivity contribution in [3.63, 3.8) is 0 Å². The van der Waals surface area contributed by atoms with Gasteiger partial charge in [0.2, 0.25) is 11.9 Å². The van der Waals surface area contributed by atoms with Gasteiger partial charge in [0.05, 0.1) is 0 Å². The van der Waals surface area contributed by atoms with Crippen molar-refractivity contribution in [2.45, 2.75) is 19.8 Å². The third kappa shape index (κ3) is 3.66. The minimum absolute atomic E-state index is 0.0833. The van der Waals surface area contributed by atoms with Crippen LogP contribution in [0.25, 0.3) is 0 Å². The Bertz CT molecular complexity index is 481. The van der Waals surface area contributed by atoms with Crippen molar-refractivity contribution in [1.82, 2.24) is 14.9 Å². The lowest BCUT2D eigenvalue weighted by atomic mass is 10.2. The molecule has 20 heavy (non-hydrogen) atoms. The summed E-state index contributed by atoms with van der Waals surface area (Å²) in [5.74, 6) is -0.101. The third-order valence-corrected chi connectivity index (χ3v) is 3.33. The van der Waals surface area contributed by atoms with Gasteiger partial charge < -0.3 is 14.9 Å². The quantitative estimate of drug-likeness (QED) is 0.844. The van der Waals surface area contributed by atoms with Gasteiger partial charge in [0.1, 0.15) is 0 Å². The predicted octanol–water partition coefficient (Wildman–Crippen LogP) is 0.162. The Labute approximate surface area is 117 Å². The Morgan fingerprint density at radius 3 is 2.30 bits per heavy atom. The molecule has 7 heteroatoms. The largest absolute Gasteiger partial charge is 0.481 e. The highest BCUT2D eigenvalue weighted by molar-refractivity contribution is 5.73. The lowest BCUT2D eigenvalue weighted by Gasteiger charge is -2.34. The van der Waals surface area contributed by atoms with Crippen molar-refractivity contribution in [2.75, 3.05) is 31.1 Å². The highest BCUT2D eigenvalue weighted by Crippen LogP contribution is 2.11. The van der Waals surface area contributed by atoms with Gasteiger partial charge in [-0.2, -0.15) is 0 Å². The van der Waals surface area contributed by atoms with Crippen molar-refractivity contribution in [2.24, 2.45) is 0 Å². The summed E-state index contributed by atoms with van der Waals surface area (Å²) in [6, 6.07) is 0. The van der Waals surface area contributed by atoms with Crippen LogP contribution in [0.2, 0.25) is 0 Å². The number of aromatic nitrogens is 2. The number of rotatable bonds is 4. The van der Waals surface area contributed by atoms with Gasteiger partial charge in [0.25, 0.3) is 0 Å². The summed E-state index contributed by atoms with van der Waals surface area (Å²) in [6.07, 6.45) is 3.86. The zero-order valence-corrected chi connectivity index (χ0v) is 11.4. The molecule has 0 aliphatic carbocycles. The molecule has 0 radical (unpaired) electrons. The molecule has 0 bridgehead atoms. The first kappa shape index (κ1) is 14.2. The summed E-state index contributed by atoms with van der Waals surface area (Å²) in [5.41, 5.74) is 0.818. The number of carboxylic acid groups (broad SMARTS) is 1. The molecule has 0 aromatic carbocycles. The van der Waals surface area contributed by atoms with E-state index in [4.69, 9.17) is 5.11 Å². The van der Waals surface area contributed by atoms with Gasteiger partial charge in [0, 0.05) is 51.9 Å². The number of aliphatic carboxylic acids is 1. The highest BCUT2D eigenvalue weighted by Gasteiger charge is 2.20. The molecular formula is C13H18N4O3. The number of aryl methyl sites for hydroxylation is 1. The van der Waals surface area contributed by atoms with E-state index < -0.39 is 5.97 Å². The molecule has 0 unspecified atom stereocenters. The molecule has 1 aliphatic rings. The number of piperazine rings is 1. The minimum atomic E-state index is -0.825. The Morgan fingerprint density at radius 2 is 1.80 bits per heavy atom. The summed E-state index contributed by atoms with van der Waals surface area (Å²) < 4.78 is 0.